The van der Waals surface area contributed by atoms with Crippen LogP contribution in [0.3, 0.4) is 0 Å². The van der Waals surface area contributed by atoms with E-state index in [1.54, 1.807) is 19.2 Å². The first kappa shape index (κ1) is 21.5. The van der Waals surface area contributed by atoms with E-state index in [0.717, 1.165) is 43.1 Å². The van der Waals surface area contributed by atoms with Crippen molar-refractivity contribution in [3.63, 3.8) is 0 Å². The molecule has 2 aromatic rings. The summed E-state index contributed by atoms with van der Waals surface area (Å²) in [7, 11) is 1.65. The lowest BCUT2D eigenvalue weighted by molar-refractivity contribution is -0.0510. The van der Waals surface area contributed by atoms with Crippen LogP contribution in [0.15, 0.2) is 48.5 Å². The molecule has 7 heteroatoms. The van der Waals surface area contributed by atoms with Gasteiger partial charge in [0.05, 0.1) is 7.11 Å². The van der Waals surface area contributed by atoms with Crippen molar-refractivity contribution in [2.45, 2.75) is 32.2 Å². The third kappa shape index (κ3) is 6.13. The number of aliphatic hydroxyl groups is 1. The molecular weight excluding hydrogens is 378 g/mol. The van der Waals surface area contributed by atoms with Crippen molar-refractivity contribution in [3.8, 4) is 11.5 Å². The van der Waals surface area contributed by atoms with Crippen LogP contribution in [-0.4, -0.2) is 60.9 Å². The molecule has 158 valence electrons. The van der Waals surface area contributed by atoms with Gasteiger partial charge in [-0.1, -0.05) is 30.3 Å². The van der Waals surface area contributed by atoms with Gasteiger partial charge in [-0.05, 0) is 30.2 Å². The first-order valence-corrected chi connectivity index (χ1v) is 9.82. The van der Waals surface area contributed by atoms with E-state index in [1.165, 1.54) is 0 Å². The van der Waals surface area contributed by atoms with Gasteiger partial charge in [0.1, 0.15) is 11.5 Å². The van der Waals surface area contributed by atoms with Crippen LogP contribution in [0, 0.1) is 0 Å². The summed E-state index contributed by atoms with van der Waals surface area (Å²) < 4.78 is 35.3. The largest absolute Gasteiger partial charge is 0.497 e. The van der Waals surface area contributed by atoms with Crippen LogP contribution in [0.25, 0.3) is 0 Å². The van der Waals surface area contributed by atoms with Crippen LogP contribution < -0.4 is 9.47 Å². The molecule has 1 aliphatic heterocycles. The summed E-state index contributed by atoms with van der Waals surface area (Å²) >= 11 is 0. The maximum Gasteiger partial charge on any atom is 0.387 e. The van der Waals surface area contributed by atoms with Gasteiger partial charge in [-0.2, -0.15) is 8.78 Å². The Balaban J connectivity index is 1.65. The summed E-state index contributed by atoms with van der Waals surface area (Å²) in [5.41, 5.74) is 1.91. The van der Waals surface area contributed by atoms with Crippen molar-refractivity contribution < 1.29 is 23.4 Å². The molecule has 1 fully saturated rings. The van der Waals surface area contributed by atoms with Crippen molar-refractivity contribution >= 4 is 0 Å². The van der Waals surface area contributed by atoms with Crippen LogP contribution in [0.5, 0.6) is 11.5 Å². The lowest BCUT2D eigenvalue weighted by Crippen LogP contribution is -2.52. The maximum atomic E-state index is 12.7. The average Bonchev–Trinajstić information content (AvgIpc) is 2.71. The molecule has 1 atom stereocenters. The standard InChI is InChI=1S/C22H28F2N2O3/c1-28-20-7-4-5-17(13-20)14-26-11-10-25(16-19(26)9-12-27)15-18-6-2-3-8-21(18)29-22(23)24/h2-8,13,19,22,27H,9-12,14-16H2,1H3. The summed E-state index contributed by atoms with van der Waals surface area (Å²) in [5.74, 6) is 1.05. The Bertz CT molecular complexity index is 775. The number of para-hydroxylation sites is 1. The van der Waals surface area contributed by atoms with Crippen molar-refractivity contribution in [1.29, 1.82) is 0 Å². The lowest BCUT2D eigenvalue weighted by Gasteiger charge is -2.41. The van der Waals surface area contributed by atoms with Gasteiger partial charge in [0.2, 0.25) is 0 Å². The molecule has 3 rings (SSSR count). The van der Waals surface area contributed by atoms with Gasteiger partial charge in [0, 0.05) is 50.9 Å². The predicted molar refractivity (Wildman–Crippen MR) is 107 cm³/mol. The molecule has 0 aromatic heterocycles. The zero-order chi connectivity index (χ0) is 20.6. The highest BCUT2D eigenvalue weighted by Gasteiger charge is 2.27. The minimum atomic E-state index is -2.84. The SMILES string of the molecule is COc1cccc(CN2CCN(Cc3ccccc3OC(F)F)CC2CCO)c1. The molecule has 2 aromatic carbocycles. The molecule has 1 heterocycles. The van der Waals surface area contributed by atoms with Gasteiger partial charge in [0.25, 0.3) is 0 Å². The highest BCUT2D eigenvalue weighted by atomic mass is 19.3. The summed E-state index contributed by atoms with van der Waals surface area (Å²) in [5, 5.41) is 9.54. The molecule has 0 amide bonds. The minimum Gasteiger partial charge on any atom is -0.497 e. The number of benzene rings is 2. The summed E-state index contributed by atoms with van der Waals surface area (Å²) in [6.07, 6.45) is 0.662. The summed E-state index contributed by atoms with van der Waals surface area (Å²) in [6, 6.07) is 15.1. The molecule has 0 bridgehead atoms. The molecule has 0 saturated carbocycles. The number of piperazine rings is 1. The van der Waals surface area contributed by atoms with Crippen LogP contribution in [0.2, 0.25) is 0 Å². The Morgan fingerprint density at radius 2 is 1.93 bits per heavy atom. The number of alkyl halides is 2. The van der Waals surface area contributed by atoms with E-state index in [4.69, 9.17) is 4.74 Å². The Morgan fingerprint density at radius 1 is 1.10 bits per heavy atom. The molecule has 0 radical (unpaired) electrons. The molecular formula is C22H28F2N2O3. The molecule has 0 spiro atoms. The second-order valence-corrected chi connectivity index (χ2v) is 7.21. The van der Waals surface area contributed by atoms with Gasteiger partial charge in [0.15, 0.2) is 0 Å². The first-order chi connectivity index (χ1) is 14.1. The van der Waals surface area contributed by atoms with Gasteiger partial charge < -0.3 is 14.6 Å². The average molecular weight is 406 g/mol. The summed E-state index contributed by atoms with van der Waals surface area (Å²) in [6.45, 7) is 0.997. The number of halogens is 2. The van der Waals surface area contributed by atoms with Crippen LogP contribution in [0.4, 0.5) is 8.78 Å². The fraction of sp³-hybridized carbons (Fsp3) is 0.455. The number of hydrogen-bond donors (Lipinski definition) is 1. The molecule has 1 unspecified atom stereocenters. The number of nitrogens with zero attached hydrogens (tertiary/aromatic N) is 2. The fourth-order valence-electron chi connectivity index (χ4n) is 3.82. The number of ether oxygens (including phenoxy) is 2. The Morgan fingerprint density at radius 3 is 2.69 bits per heavy atom. The fourth-order valence-corrected chi connectivity index (χ4v) is 3.82. The quantitative estimate of drug-likeness (QED) is 0.692. The van der Waals surface area contributed by atoms with Crippen molar-refractivity contribution in [2.24, 2.45) is 0 Å². The van der Waals surface area contributed by atoms with E-state index >= 15 is 0 Å². The van der Waals surface area contributed by atoms with Crippen LogP contribution in [-0.2, 0) is 13.1 Å². The van der Waals surface area contributed by atoms with Crippen LogP contribution in [0.1, 0.15) is 17.5 Å². The summed E-state index contributed by atoms with van der Waals surface area (Å²) in [4.78, 5) is 4.60. The van der Waals surface area contributed by atoms with Gasteiger partial charge in [-0.15, -0.1) is 0 Å². The molecule has 1 aliphatic rings. The van der Waals surface area contributed by atoms with Gasteiger partial charge in [-0.25, -0.2) is 0 Å². The van der Waals surface area contributed by atoms with E-state index in [1.807, 2.05) is 30.3 Å². The molecule has 1 N–H and O–H groups in total. The zero-order valence-electron chi connectivity index (χ0n) is 16.6. The molecule has 0 aliphatic carbocycles. The first-order valence-electron chi connectivity index (χ1n) is 9.82. The smallest absolute Gasteiger partial charge is 0.387 e. The van der Waals surface area contributed by atoms with E-state index in [0.29, 0.717) is 13.0 Å². The Labute approximate surface area is 170 Å². The van der Waals surface area contributed by atoms with Crippen molar-refractivity contribution in [1.82, 2.24) is 9.80 Å². The molecule has 5 nitrogen and oxygen atoms in total. The number of aliphatic hydroxyl groups excluding tert-OH is 1. The van der Waals surface area contributed by atoms with Gasteiger partial charge >= 0.3 is 6.61 Å². The normalized spacial score (nSPS) is 18.2. The number of methoxy groups -OCH3 is 1. The highest BCUT2D eigenvalue weighted by Crippen LogP contribution is 2.25. The third-order valence-corrected chi connectivity index (χ3v) is 5.25. The zero-order valence-corrected chi connectivity index (χ0v) is 16.6. The van der Waals surface area contributed by atoms with E-state index in [2.05, 4.69) is 20.6 Å². The minimum absolute atomic E-state index is 0.109. The Kier molecular flexibility index (Phi) is 7.80. The van der Waals surface area contributed by atoms with Gasteiger partial charge in [-0.3, -0.25) is 9.80 Å². The maximum absolute atomic E-state index is 12.7. The van der Waals surface area contributed by atoms with Crippen LogP contribution >= 0.6 is 0 Å². The number of hydrogen-bond acceptors (Lipinski definition) is 5. The van der Waals surface area contributed by atoms with Crippen molar-refractivity contribution in [2.75, 3.05) is 33.4 Å². The molecule has 1 saturated heterocycles. The third-order valence-electron chi connectivity index (χ3n) is 5.25. The van der Waals surface area contributed by atoms with E-state index in [-0.39, 0.29) is 18.4 Å². The second-order valence-electron chi connectivity index (χ2n) is 7.21. The lowest BCUT2D eigenvalue weighted by atomic mass is 10.1. The van der Waals surface area contributed by atoms with Crippen molar-refractivity contribution in [3.05, 3.63) is 59.7 Å². The predicted octanol–water partition coefficient (Wildman–Crippen LogP) is 3.37. The number of rotatable bonds is 9. The highest BCUT2D eigenvalue weighted by molar-refractivity contribution is 5.33. The topological polar surface area (TPSA) is 45.2 Å². The monoisotopic (exact) mass is 406 g/mol. The Hall–Kier alpha value is -2.22. The second kappa shape index (κ2) is 10.5. The van der Waals surface area contributed by atoms with E-state index < -0.39 is 6.61 Å². The van der Waals surface area contributed by atoms with E-state index in [9.17, 15) is 13.9 Å². The molecule has 29 heavy (non-hydrogen) atoms.